The van der Waals surface area contributed by atoms with E-state index in [0.717, 1.165) is 18.4 Å². The van der Waals surface area contributed by atoms with Gasteiger partial charge in [0.1, 0.15) is 0 Å². The average molecular weight is 374 g/mol. The molecule has 5 atom stereocenters. The van der Waals surface area contributed by atoms with Crippen molar-refractivity contribution in [1.82, 2.24) is 10.6 Å². The van der Waals surface area contributed by atoms with E-state index in [0.29, 0.717) is 24.3 Å². The van der Waals surface area contributed by atoms with Crippen molar-refractivity contribution < 1.29 is 9.59 Å². The molecule has 4 N–H and O–H groups in total. The fourth-order valence-corrected chi connectivity index (χ4v) is 4.08. The summed E-state index contributed by atoms with van der Waals surface area (Å²) in [6.07, 6.45) is 3.25. The summed E-state index contributed by atoms with van der Waals surface area (Å²) in [5.41, 5.74) is 6.66. The molecule has 0 aromatic heterocycles. The molecular formula is C22H35N3O2. The zero-order chi connectivity index (χ0) is 20.0. The summed E-state index contributed by atoms with van der Waals surface area (Å²) >= 11 is 0. The average Bonchev–Trinajstić information content (AvgIpc) is 2.64. The van der Waals surface area contributed by atoms with Gasteiger partial charge < -0.3 is 16.4 Å². The fraction of sp³-hybridized carbons (Fsp3) is 0.636. The number of amides is 2. The van der Waals surface area contributed by atoms with Gasteiger partial charge in [-0.1, -0.05) is 57.5 Å². The first-order chi connectivity index (χ1) is 12.8. The van der Waals surface area contributed by atoms with Crippen LogP contribution in [0.2, 0.25) is 0 Å². The molecule has 1 aromatic carbocycles. The van der Waals surface area contributed by atoms with Crippen LogP contribution >= 0.6 is 0 Å². The highest BCUT2D eigenvalue weighted by atomic mass is 16.2. The van der Waals surface area contributed by atoms with E-state index in [1.54, 1.807) is 6.92 Å². The Kier molecular flexibility index (Phi) is 7.84. The highest BCUT2D eigenvalue weighted by molar-refractivity contribution is 5.82. The smallest absolute Gasteiger partial charge is 0.237 e. The van der Waals surface area contributed by atoms with E-state index >= 15 is 0 Å². The van der Waals surface area contributed by atoms with E-state index in [-0.39, 0.29) is 23.8 Å². The Bertz CT molecular complexity index is 615. The zero-order valence-corrected chi connectivity index (χ0v) is 17.1. The van der Waals surface area contributed by atoms with Crippen LogP contribution in [0.25, 0.3) is 0 Å². The maximum atomic E-state index is 13.0. The highest BCUT2D eigenvalue weighted by Gasteiger charge is 2.35. The summed E-state index contributed by atoms with van der Waals surface area (Å²) in [5, 5.41) is 6.06. The van der Waals surface area contributed by atoms with Crippen LogP contribution < -0.4 is 16.4 Å². The molecule has 1 aliphatic carbocycles. The maximum absolute atomic E-state index is 13.0. The Morgan fingerprint density at radius 3 is 2.41 bits per heavy atom. The van der Waals surface area contributed by atoms with Crippen molar-refractivity contribution in [3.63, 3.8) is 0 Å². The third-order valence-electron chi connectivity index (χ3n) is 5.77. The molecule has 1 aromatic rings. The van der Waals surface area contributed by atoms with Gasteiger partial charge in [-0.05, 0) is 43.1 Å². The first kappa shape index (κ1) is 21.4. The minimum absolute atomic E-state index is 0.0503. The Hall–Kier alpha value is -1.88. The molecule has 0 aliphatic heterocycles. The number of hydrogen-bond acceptors (Lipinski definition) is 3. The van der Waals surface area contributed by atoms with E-state index in [4.69, 9.17) is 5.73 Å². The van der Waals surface area contributed by atoms with Gasteiger partial charge >= 0.3 is 0 Å². The summed E-state index contributed by atoms with van der Waals surface area (Å²) in [4.78, 5) is 25.1. The van der Waals surface area contributed by atoms with Crippen molar-refractivity contribution in [3.8, 4) is 0 Å². The minimum Gasteiger partial charge on any atom is -0.353 e. The summed E-state index contributed by atoms with van der Waals surface area (Å²) in [7, 11) is 0. The van der Waals surface area contributed by atoms with Crippen molar-refractivity contribution in [3.05, 3.63) is 35.9 Å². The summed E-state index contributed by atoms with van der Waals surface area (Å²) < 4.78 is 0. The number of rotatable bonds is 7. The molecule has 1 aliphatic rings. The molecule has 2 rings (SSSR count). The lowest BCUT2D eigenvalue weighted by atomic mass is 9.70. The Balaban J connectivity index is 2.06. The van der Waals surface area contributed by atoms with Crippen LogP contribution in [0.5, 0.6) is 0 Å². The predicted octanol–water partition coefficient (Wildman–Crippen LogP) is 3.02. The first-order valence-corrected chi connectivity index (χ1v) is 10.2. The predicted molar refractivity (Wildman–Crippen MR) is 109 cm³/mol. The van der Waals surface area contributed by atoms with Crippen molar-refractivity contribution in [2.45, 2.75) is 59.0 Å². The Morgan fingerprint density at radius 1 is 1.15 bits per heavy atom. The van der Waals surface area contributed by atoms with E-state index in [1.165, 1.54) is 6.42 Å². The van der Waals surface area contributed by atoms with E-state index in [9.17, 15) is 9.59 Å². The van der Waals surface area contributed by atoms with E-state index in [1.807, 2.05) is 30.3 Å². The van der Waals surface area contributed by atoms with Gasteiger partial charge in [0.2, 0.25) is 11.8 Å². The van der Waals surface area contributed by atoms with Crippen LogP contribution in [0.15, 0.2) is 30.3 Å². The number of carbonyl (C=O) groups is 2. The first-order valence-electron chi connectivity index (χ1n) is 10.2. The van der Waals surface area contributed by atoms with Gasteiger partial charge in [0.15, 0.2) is 0 Å². The molecule has 0 bridgehead atoms. The van der Waals surface area contributed by atoms with Gasteiger partial charge in [-0.3, -0.25) is 9.59 Å². The minimum atomic E-state index is -0.587. The topological polar surface area (TPSA) is 84.2 Å². The second-order valence-corrected chi connectivity index (χ2v) is 8.44. The van der Waals surface area contributed by atoms with Crippen LogP contribution in [0.3, 0.4) is 0 Å². The number of hydrogen-bond donors (Lipinski definition) is 3. The molecule has 1 saturated carbocycles. The number of nitrogens with one attached hydrogen (secondary N) is 2. The fourth-order valence-electron chi connectivity index (χ4n) is 4.08. The van der Waals surface area contributed by atoms with Gasteiger partial charge in [0.05, 0.1) is 12.1 Å². The highest BCUT2D eigenvalue weighted by Crippen LogP contribution is 2.38. The normalized spacial score (nSPS) is 24.9. The van der Waals surface area contributed by atoms with Gasteiger partial charge in [-0.2, -0.15) is 0 Å². The van der Waals surface area contributed by atoms with Crippen LogP contribution in [-0.4, -0.2) is 24.4 Å². The quantitative estimate of drug-likeness (QED) is 0.687. The van der Waals surface area contributed by atoms with Crippen molar-refractivity contribution >= 4 is 11.8 Å². The molecule has 0 heterocycles. The molecule has 2 amide bonds. The third kappa shape index (κ3) is 6.06. The van der Waals surface area contributed by atoms with Crippen molar-refractivity contribution in [2.24, 2.45) is 29.4 Å². The molecule has 1 unspecified atom stereocenters. The molecule has 0 spiro atoms. The standard InChI is InChI=1S/C22H35N3O2/c1-14(2)18-11-10-15(3)12-19(18)22(27)24-13-20(25-21(26)16(4)23)17-8-6-5-7-9-17/h5-9,14-16,18-20H,10-13,23H2,1-4H3,(H,24,27)(H,25,26)/t15-,16+,18+,19+,20?/m0/s1. The molecule has 5 nitrogen and oxygen atoms in total. The summed E-state index contributed by atoms with van der Waals surface area (Å²) in [6, 6.07) is 8.84. The zero-order valence-electron chi connectivity index (χ0n) is 17.1. The van der Waals surface area contributed by atoms with Crippen molar-refractivity contribution in [2.75, 3.05) is 6.54 Å². The number of benzene rings is 1. The Morgan fingerprint density at radius 2 is 1.81 bits per heavy atom. The summed E-state index contributed by atoms with van der Waals surface area (Å²) in [5.74, 6) is 1.44. The SMILES string of the molecule is CC(C)[C@H]1CC[C@H](C)C[C@H]1C(=O)NCC(NC(=O)[C@@H](C)N)c1ccccc1. The molecular weight excluding hydrogens is 338 g/mol. The van der Waals surface area contributed by atoms with E-state index in [2.05, 4.69) is 31.4 Å². The van der Waals surface area contributed by atoms with Crippen molar-refractivity contribution in [1.29, 1.82) is 0 Å². The monoisotopic (exact) mass is 373 g/mol. The largest absolute Gasteiger partial charge is 0.353 e. The molecule has 0 saturated heterocycles. The van der Waals surface area contributed by atoms with Crippen LogP contribution in [0.4, 0.5) is 0 Å². The lowest BCUT2D eigenvalue weighted by Crippen LogP contribution is -2.46. The second-order valence-electron chi connectivity index (χ2n) is 8.44. The van der Waals surface area contributed by atoms with E-state index < -0.39 is 6.04 Å². The molecule has 27 heavy (non-hydrogen) atoms. The summed E-state index contributed by atoms with van der Waals surface area (Å²) in [6.45, 7) is 8.67. The van der Waals surface area contributed by atoms with Crippen LogP contribution in [0.1, 0.15) is 58.6 Å². The molecule has 5 heteroatoms. The lowest BCUT2D eigenvalue weighted by molar-refractivity contribution is -0.130. The van der Waals surface area contributed by atoms with Crippen LogP contribution in [-0.2, 0) is 9.59 Å². The van der Waals surface area contributed by atoms with Gasteiger partial charge in [-0.25, -0.2) is 0 Å². The molecule has 0 radical (unpaired) electrons. The van der Waals surface area contributed by atoms with Gasteiger partial charge in [0.25, 0.3) is 0 Å². The van der Waals surface area contributed by atoms with Gasteiger partial charge in [-0.15, -0.1) is 0 Å². The lowest BCUT2D eigenvalue weighted by Gasteiger charge is -2.36. The van der Waals surface area contributed by atoms with Crippen LogP contribution in [0, 0.1) is 23.7 Å². The number of carbonyl (C=O) groups excluding carboxylic acids is 2. The Labute approximate surface area is 163 Å². The maximum Gasteiger partial charge on any atom is 0.237 e. The van der Waals surface area contributed by atoms with Gasteiger partial charge in [0, 0.05) is 12.5 Å². The second kappa shape index (κ2) is 9.88. The number of nitrogens with two attached hydrogens (primary N) is 1. The molecule has 1 fully saturated rings. The molecule has 150 valence electrons. The third-order valence-corrected chi connectivity index (χ3v) is 5.77.